The highest BCUT2D eigenvalue weighted by atomic mass is 31.2. The van der Waals surface area contributed by atoms with Gasteiger partial charge in [-0.05, 0) is 70.6 Å². The minimum absolute atomic E-state index is 0.197. The maximum Gasteiger partial charge on any atom is 0.469 e. The van der Waals surface area contributed by atoms with Gasteiger partial charge in [0.15, 0.2) is 6.10 Å². The molecule has 0 saturated carbocycles. The van der Waals surface area contributed by atoms with Gasteiger partial charge < -0.3 is 19.3 Å². The number of hydrogen-bond acceptors (Lipinski definition) is 6. The average Bonchev–Trinajstić information content (AvgIpc) is 3.18. The Morgan fingerprint density at radius 2 is 0.789 bits per heavy atom. The van der Waals surface area contributed by atoms with Crippen LogP contribution in [0.2, 0.25) is 0 Å². The summed E-state index contributed by atoms with van der Waals surface area (Å²) in [5.41, 5.74) is 0. The van der Waals surface area contributed by atoms with Crippen molar-refractivity contribution in [3.63, 3.8) is 0 Å². The number of carbonyl (C=O) groups excluding carboxylic acids is 2. The molecule has 0 bridgehead atoms. The molecule has 2 N–H and O–H groups in total. The molecular weight excluding hydrogens is 735 g/mol. The van der Waals surface area contributed by atoms with E-state index in [1.165, 1.54) is 148 Å². The van der Waals surface area contributed by atoms with Crippen LogP contribution in [0.15, 0.2) is 36.5 Å². The van der Waals surface area contributed by atoms with Crippen LogP contribution in [0.1, 0.15) is 239 Å². The second kappa shape index (κ2) is 43.8. The SMILES string of the molecule is CCCCCC/C=C\C/C=C\CCCCCCCC(=O)OC(COC(=O)CCCCCCCCCCCCC/C=C\CCCCCCCCCC)COP(=O)(O)O. The summed E-state index contributed by atoms with van der Waals surface area (Å²) in [7, 11) is -4.76. The summed E-state index contributed by atoms with van der Waals surface area (Å²) in [4.78, 5) is 43.0. The van der Waals surface area contributed by atoms with Crippen LogP contribution in [0.25, 0.3) is 0 Å². The first kappa shape index (κ1) is 55.3. The second-order valence-corrected chi connectivity index (χ2v) is 17.3. The Balaban J connectivity index is 3.84. The highest BCUT2D eigenvalue weighted by Gasteiger charge is 2.23. The summed E-state index contributed by atoms with van der Waals surface area (Å²) >= 11 is 0. The molecule has 0 aliphatic carbocycles. The lowest BCUT2D eigenvalue weighted by molar-refractivity contribution is -0.161. The topological polar surface area (TPSA) is 119 Å². The zero-order valence-electron chi connectivity index (χ0n) is 37.0. The van der Waals surface area contributed by atoms with Crippen molar-refractivity contribution in [2.45, 2.75) is 245 Å². The molecule has 57 heavy (non-hydrogen) atoms. The van der Waals surface area contributed by atoms with E-state index in [2.05, 4.69) is 54.8 Å². The molecule has 0 aliphatic rings. The predicted molar refractivity (Wildman–Crippen MR) is 239 cm³/mol. The molecular formula is C48H89O8P. The third-order valence-electron chi connectivity index (χ3n) is 10.4. The smallest absolute Gasteiger partial charge is 0.462 e. The molecule has 0 saturated heterocycles. The first-order chi connectivity index (χ1) is 27.8. The number of ether oxygens (including phenoxy) is 2. The minimum atomic E-state index is -4.76. The van der Waals surface area contributed by atoms with Gasteiger partial charge in [-0.1, -0.05) is 192 Å². The lowest BCUT2D eigenvalue weighted by atomic mass is 10.0. The van der Waals surface area contributed by atoms with Gasteiger partial charge in [0.1, 0.15) is 6.61 Å². The third-order valence-corrected chi connectivity index (χ3v) is 10.9. The van der Waals surface area contributed by atoms with Crippen molar-refractivity contribution in [1.29, 1.82) is 0 Å². The summed E-state index contributed by atoms with van der Waals surface area (Å²) < 4.78 is 26.5. The van der Waals surface area contributed by atoms with Crippen LogP contribution in [-0.4, -0.2) is 41.0 Å². The number of phosphoric acid groups is 1. The van der Waals surface area contributed by atoms with Crippen molar-refractivity contribution in [1.82, 2.24) is 0 Å². The normalized spacial score (nSPS) is 12.7. The van der Waals surface area contributed by atoms with Gasteiger partial charge in [-0.15, -0.1) is 0 Å². The van der Waals surface area contributed by atoms with Gasteiger partial charge >= 0.3 is 19.8 Å². The van der Waals surface area contributed by atoms with Gasteiger partial charge in [-0.3, -0.25) is 14.1 Å². The third kappa shape index (κ3) is 46.8. The molecule has 8 nitrogen and oxygen atoms in total. The Labute approximate surface area is 351 Å². The molecule has 0 heterocycles. The Hall–Kier alpha value is -1.73. The number of rotatable bonds is 44. The van der Waals surface area contributed by atoms with Crippen LogP contribution in [0.3, 0.4) is 0 Å². The number of hydrogen-bond donors (Lipinski definition) is 2. The Morgan fingerprint density at radius 1 is 0.456 bits per heavy atom. The molecule has 334 valence electrons. The molecule has 0 aromatic rings. The summed E-state index contributed by atoms with van der Waals surface area (Å²) in [6.07, 6.45) is 53.0. The molecule has 0 radical (unpaired) electrons. The van der Waals surface area contributed by atoms with E-state index in [0.717, 1.165) is 57.8 Å². The van der Waals surface area contributed by atoms with Gasteiger partial charge in [-0.25, -0.2) is 4.57 Å². The van der Waals surface area contributed by atoms with E-state index < -0.39 is 32.5 Å². The van der Waals surface area contributed by atoms with Gasteiger partial charge in [0.2, 0.25) is 0 Å². The molecule has 0 rings (SSSR count). The molecule has 0 spiro atoms. The number of unbranched alkanes of at least 4 members (excludes halogenated alkanes) is 28. The Kier molecular flexibility index (Phi) is 42.5. The van der Waals surface area contributed by atoms with E-state index in [-0.39, 0.29) is 19.4 Å². The standard InChI is InChI=1S/C48H89O8P/c1-3-5-7-9-11-13-15-17-19-21-22-23-24-25-26-27-29-30-32-34-36-38-40-42-47(49)54-44-46(45-55-57(51,52)53)56-48(50)43-41-39-37-35-33-31-28-20-18-16-14-12-10-8-6-4-2/h14,16,20-22,28,46H,3-13,15,17-19,23-27,29-45H2,1-2H3,(H2,51,52,53)/b16-14-,22-21-,28-20-. The lowest BCUT2D eigenvalue weighted by Gasteiger charge is -2.18. The van der Waals surface area contributed by atoms with Gasteiger partial charge in [0, 0.05) is 12.8 Å². The number of carbonyl (C=O) groups is 2. The van der Waals surface area contributed by atoms with Crippen LogP contribution in [0.4, 0.5) is 0 Å². The van der Waals surface area contributed by atoms with Crippen LogP contribution in [-0.2, 0) is 28.2 Å². The zero-order valence-corrected chi connectivity index (χ0v) is 37.9. The molecule has 1 atom stereocenters. The van der Waals surface area contributed by atoms with E-state index >= 15 is 0 Å². The summed E-state index contributed by atoms with van der Waals surface area (Å²) in [5.74, 6) is -0.894. The van der Waals surface area contributed by atoms with Crippen molar-refractivity contribution in [2.24, 2.45) is 0 Å². The first-order valence-electron chi connectivity index (χ1n) is 23.8. The van der Waals surface area contributed by atoms with Crippen molar-refractivity contribution < 1.29 is 37.9 Å². The Bertz CT molecular complexity index is 1020. The number of esters is 2. The monoisotopic (exact) mass is 825 g/mol. The van der Waals surface area contributed by atoms with E-state index in [0.29, 0.717) is 6.42 Å². The van der Waals surface area contributed by atoms with E-state index in [4.69, 9.17) is 19.3 Å². The largest absolute Gasteiger partial charge is 0.469 e. The van der Waals surface area contributed by atoms with Crippen LogP contribution >= 0.6 is 7.82 Å². The maximum absolute atomic E-state index is 12.4. The summed E-state index contributed by atoms with van der Waals surface area (Å²) in [6, 6.07) is 0. The van der Waals surface area contributed by atoms with Crippen molar-refractivity contribution >= 4 is 19.8 Å². The van der Waals surface area contributed by atoms with Crippen LogP contribution < -0.4 is 0 Å². The molecule has 1 unspecified atom stereocenters. The number of allylic oxidation sites excluding steroid dienone is 6. The molecule has 0 aromatic carbocycles. The maximum atomic E-state index is 12.4. The predicted octanol–water partition coefficient (Wildman–Crippen LogP) is 14.9. The fourth-order valence-electron chi connectivity index (χ4n) is 6.81. The number of phosphoric ester groups is 1. The van der Waals surface area contributed by atoms with Crippen molar-refractivity contribution in [3.8, 4) is 0 Å². The molecule has 0 amide bonds. The van der Waals surface area contributed by atoms with Gasteiger partial charge in [-0.2, -0.15) is 0 Å². The van der Waals surface area contributed by atoms with Crippen LogP contribution in [0.5, 0.6) is 0 Å². The molecule has 0 aromatic heterocycles. The lowest BCUT2D eigenvalue weighted by Crippen LogP contribution is -2.29. The summed E-state index contributed by atoms with van der Waals surface area (Å²) in [5, 5.41) is 0. The highest BCUT2D eigenvalue weighted by Crippen LogP contribution is 2.36. The quantitative estimate of drug-likeness (QED) is 0.0270. The van der Waals surface area contributed by atoms with E-state index in [1.54, 1.807) is 0 Å². The van der Waals surface area contributed by atoms with Gasteiger partial charge in [0.05, 0.1) is 6.61 Å². The second-order valence-electron chi connectivity index (χ2n) is 16.1. The molecule has 0 fully saturated rings. The molecule has 0 aliphatic heterocycles. The van der Waals surface area contributed by atoms with E-state index in [9.17, 15) is 14.2 Å². The minimum Gasteiger partial charge on any atom is -0.462 e. The Morgan fingerprint density at radius 3 is 1.19 bits per heavy atom. The fraction of sp³-hybridized carbons (Fsp3) is 0.833. The molecule has 9 heteroatoms. The van der Waals surface area contributed by atoms with Crippen molar-refractivity contribution in [3.05, 3.63) is 36.5 Å². The van der Waals surface area contributed by atoms with E-state index in [1.807, 2.05) is 0 Å². The highest BCUT2D eigenvalue weighted by molar-refractivity contribution is 7.46. The summed E-state index contributed by atoms with van der Waals surface area (Å²) in [6.45, 7) is 3.68. The fourth-order valence-corrected chi connectivity index (χ4v) is 7.17. The van der Waals surface area contributed by atoms with Crippen molar-refractivity contribution in [2.75, 3.05) is 13.2 Å². The first-order valence-corrected chi connectivity index (χ1v) is 25.3. The average molecular weight is 825 g/mol. The zero-order chi connectivity index (χ0) is 41.8. The van der Waals surface area contributed by atoms with Gasteiger partial charge in [0.25, 0.3) is 0 Å². The van der Waals surface area contributed by atoms with Crippen LogP contribution in [0, 0.1) is 0 Å².